The van der Waals surface area contributed by atoms with E-state index in [9.17, 15) is 0 Å². The standard InChI is InChI=1S/C59H35N5O2/c1-2-15-36-31-50-46(29-35(36)14-1)55-39-16-4-3-13-34(39)26-28-49(55)63(50)51-32-38(30-45-43-20-8-12-24-53(43)66-56(45)51)58-60-57(37-25-27-44-42-19-7-11-23-52(42)65-54(44)33-37)61-59(62-58)64-47-21-9-5-17-40(47)41-18-6-10-22-48(41)64/h1-33,59H,(H,60,61,62). The molecule has 0 amide bonds. The third-order valence-electron chi connectivity index (χ3n) is 13.7. The fourth-order valence-electron chi connectivity index (χ4n) is 10.8. The van der Waals surface area contributed by atoms with Crippen LogP contribution in [-0.2, 0) is 0 Å². The van der Waals surface area contributed by atoms with Gasteiger partial charge in [-0.3, -0.25) is 0 Å². The van der Waals surface area contributed by atoms with Crippen molar-refractivity contribution in [3.8, 4) is 5.69 Å². The predicted octanol–water partition coefficient (Wildman–Crippen LogP) is 14.9. The fraction of sp³-hybridized carbons (Fsp3) is 0.0169. The quantitative estimate of drug-likeness (QED) is 0.192. The molecule has 14 aromatic rings. The zero-order valence-electron chi connectivity index (χ0n) is 35.2. The molecule has 1 unspecified atom stereocenters. The van der Waals surface area contributed by atoms with Crippen molar-refractivity contribution in [1.29, 1.82) is 0 Å². The first-order valence-corrected chi connectivity index (χ1v) is 22.3. The lowest BCUT2D eigenvalue weighted by molar-refractivity contribution is 0.515. The number of para-hydroxylation sites is 4. The summed E-state index contributed by atoms with van der Waals surface area (Å²) in [4.78, 5) is 11.0. The maximum absolute atomic E-state index is 6.93. The summed E-state index contributed by atoms with van der Waals surface area (Å²) < 4.78 is 18.1. The smallest absolute Gasteiger partial charge is 0.204 e. The minimum absolute atomic E-state index is 0.546. The molecule has 10 aromatic carbocycles. The molecule has 308 valence electrons. The van der Waals surface area contributed by atoms with Crippen LogP contribution >= 0.6 is 0 Å². The number of hydrogen-bond acceptors (Lipinski definition) is 5. The zero-order valence-corrected chi connectivity index (χ0v) is 35.2. The van der Waals surface area contributed by atoms with Crippen molar-refractivity contribution >= 4 is 121 Å². The molecule has 1 atom stereocenters. The second kappa shape index (κ2) is 13.3. The summed E-state index contributed by atoms with van der Waals surface area (Å²) in [6, 6.07) is 70.9. The van der Waals surface area contributed by atoms with E-state index in [0.29, 0.717) is 11.7 Å². The van der Waals surface area contributed by atoms with E-state index in [1.807, 2.05) is 18.2 Å². The number of hydrogen-bond donors (Lipinski definition) is 1. The Morgan fingerprint density at radius 1 is 0.409 bits per heavy atom. The number of nitrogens with one attached hydrogen (secondary N) is 1. The van der Waals surface area contributed by atoms with E-state index in [4.69, 9.17) is 18.8 Å². The maximum Gasteiger partial charge on any atom is 0.204 e. The van der Waals surface area contributed by atoms with Gasteiger partial charge in [0.05, 0.1) is 27.8 Å². The lowest BCUT2D eigenvalue weighted by atomic mass is 10.0. The molecular weight excluding hydrogens is 811 g/mol. The van der Waals surface area contributed by atoms with Crippen LogP contribution in [0.4, 0.5) is 0 Å². The van der Waals surface area contributed by atoms with Gasteiger partial charge in [-0.25, -0.2) is 9.98 Å². The molecule has 66 heavy (non-hydrogen) atoms. The van der Waals surface area contributed by atoms with Crippen LogP contribution in [-0.4, -0.2) is 20.8 Å². The maximum atomic E-state index is 6.93. The highest BCUT2D eigenvalue weighted by Crippen LogP contribution is 2.43. The van der Waals surface area contributed by atoms with Crippen molar-refractivity contribution in [2.45, 2.75) is 6.29 Å². The van der Waals surface area contributed by atoms with Gasteiger partial charge in [0.25, 0.3) is 0 Å². The van der Waals surface area contributed by atoms with Gasteiger partial charge in [0.15, 0.2) is 11.4 Å². The number of aliphatic imine (C=N–C) groups is 2. The highest BCUT2D eigenvalue weighted by molar-refractivity contribution is 6.25. The second-order valence-electron chi connectivity index (χ2n) is 17.3. The largest absolute Gasteiger partial charge is 0.456 e. The first-order valence-electron chi connectivity index (χ1n) is 22.3. The minimum Gasteiger partial charge on any atom is -0.456 e. The SMILES string of the molecule is c1ccc2cc3c(cc2c1)c1c2ccccc2ccc1n3-c1cc(C2=NC(n3c4ccccc4c4ccccc43)NC(c3ccc4c(c3)oc3ccccc34)=N2)cc2c1oc1ccccc12. The van der Waals surface area contributed by atoms with Crippen LogP contribution in [0.15, 0.2) is 219 Å². The topological polar surface area (TPSA) is 72.9 Å². The molecule has 0 saturated heterocycles. The van der Waals surface area contributed by atoms with Crippen LogP contribution in [0.2, 0.25) is 0 Å². The molecule has 7 heteroatoms. The van der Waals surface area contributed by atoms with E-state index in [1.165, 1.54) is 43.1 Å². The Labute approximate surface area is 375 Å². The first kappa shape index (κ1) is 35.5. The molecule has 5 heterocycles. The average Bonchev–Trinajstić information content (AvgIpc) is 4.13. The van der Waals surface area contributed by atoms with Gasteiger partial charge in [-0.15, -0.1) is 0 Å². The molecule has 1 aliphatic rings. The van der Waals surface area contributed by atoms with Gasteiger partial charge < -0.3 is 23.3 Å². The Morgan fingerprint density at radius 2 is 1.03 bits per heavy atom. The van der Waals surface area contributed by atoms with Crippen molar-refractivity contribution in [3.05, 3.63) is 211 Å². The Balaban J connectivity index is 1.03. The van der Waals surface area contributed by atoms with Crippen molar-refractivity contribution in [1.82, 2.24) is 14.5 Å². The number of fused-ring (bicyclic) bond motifs is 15. The van der Waals surface area contributed by atoms with Gasteiger partial charge >= 0.3 is 0 Å². The third kappa shape index (κ3) is 5.02. The van der Waals surface area contributed by atoms with E-state index in [-0.39, 0.29) is 0 Å². The zero-order chi connectivity index (χ0) is 43.0. The van der Waals surface area contributed by atoms with E-state index in [1.54, 1.807) is 0 Å². The number of benzene rings is 10. The number of furan rings is 2. The molecular formula is C59H35N5O2. The van der Waals surface area contributed by atoms with Crippen LogP contribution in [0, 0.1) is 0 Å². The highest BCUT2D eigenvalue weighted by atomic mass is 16.3. The van der Waals surface area contributed by atoms with Crippen LogP contribution in [0.5, 0.6) is 0 Å². The van der Waals surface area contributed by atoms with Crippen LogP contribution < -0.4 is 5.32 Å². The second-order valence-corrected chi connectivity index (χ2v) is 17.3. The van der Waals surface area contributed by atoms with Gasteiger partial charge in [-0.05, 0) is 88.3 Å². The van der Waals surface area contributed by atoms with Gasteiger partial charge in [0, 0.05) is 54.2 Å². The summed E-state index contributed by atoms with van der Waals surface area (Å²) >= 11 is 0. The highest BCUT2D eigenvalue weighted by Gasteiger charge is 2.27. The molecule has 0 saturated carbocycles. The molecule has 0 bridgehead atoms. The number of rotatable bonds is 4. The van der Waals surface area contributed by atoms with Gasteiger partial charge in [0.1, 0.15) is 22.6 Å². The Hall–Kier alpha value is -8.94. The molecule has 1 N–H and O–H groups in total. The lowest BCUT2D eigenvalue weighted by Crippen LogP contribution is -2.36. The normalized spacial score (nSPS) is 14.5. The number of nitrogens with zero attached hydrogens (tertiary/aromatic N) is 4. The summed E-state index contributed by atoms with van der Waals surface area (Å²) in [5.74, 6) is 1.30. The fourth-order valence-corrected chi connectivity index (χ4v) is 10.8. The molecule has 4 aromatic heterocycles. The summed E-state index contributed by atoms with van der Waals surface area (Å²) in [6.07, 6.45) is -0.546. The molecule has 0 spiro atoms. The molecule has 15 rings (SSSR count). The monoisotopic (exact) mass is 845 g/mol. The Bertz CT molecular complexity index is 4410. The average molecular weight is 846 g/mol. The van der Waals surface area contributed by atoms with Gasteiger partial charge in [0.2, 0.25) is 6.29 Å². The van der Waals surface area contributed by atoms with E-state index < -0.39 is 6.29 Å². The first-order chi connectivity index (χ1) is 32.7. The van der Waals surface area contributed by atoms with E-state index >= 15 is 0 Å². The third-order valence-corrected chi connectivity index (χ3v) is 13.7. The summed E-state index contributed by atoms with van der Waals surface area (Å²) in [7, 11) is 0. The van der Waals surface area contributed by atoms with Crippen molar-refractivity contribution in [2.24, 2.45) is 9.98 Å². The van der Waals surface area contributed by atoms with Crippen molar-refractivity contribution < 1.29 is 8.83 Å². The van der Waals surface area contributed by atoms with Crippen LogP contribution in [0.3, 0.4) is 0 Å². The van der Waals surface area contributed by atoms with Crippen molar-refractivity contribution in [3.63, 3.8) is 0 Å². The lowest BCUT2D eigenvalue weighted by Gasteiger charge is -2.26. The van der Waals surface area contributed by atoms with Crippen LogP contribution in [0.1, 0.15) is 17.4 Å². The molecule has 0 fully saturated rings. The van der Waals surface area contributed by atoms with E-state index in [0.717, 1.165) is 82.8 Å². The molecule has 0 aliphatic carbocycles. The molecule has 1 aliphatic heterocycles. The van der Waals surface area contributed by atoms with Gasteiger partial charge in [-0.2, -0.15) is 0 Å². The number of amidine groups is 2. The van der Waals surface area contributed by atoms with E-state index in [2.05, 4.69) is 196 Å². The molecule has 7 nitrogen and oxygen atoms in total. The number of aromatic nitrogens is 2. The minimum atomic E-state index is -0.546. The Kier molecular flexibility index (Phi) is 7.15. The summed E-state index contributed by atoms with van der Waals surface area (Å²) in [6.45, 7) is 0. The van der Waals surface area contributed by atoms with Crippen molar-refractivity contribution in [2.75, 3.05) is 0 Å². The van der Waals surface area contributed by atoms with Crippen LogP contribution in [0.25, 0.3) is 115 Å². The predicted molar refractivity (Wildman–Crippen MR) is 271 cm³/mol. The molecule has 0 radical (unpaired) electrons. The Morgan fingerprint density at radius 3 is 1.80 bits per heavy atom. The van der Waals surface area contributed by atoms with Gasteiger partial charge in [-0.1, -0.05) is 133 Å². The summed E-state index contributed by atoms with van der Waals surface area (Å²) in [5, 5.41) is 17.5. The summed E-state index contributed by atoms with van der Waals surface area (Å²) in [5.41, 5.74) is 10.3.